The fourth-order valence-electron chi connectivity index (χ4n) is 3.18. The molecule has 0 aromatic heterocycles. The molecule has 0 saturated carbocycles. The van der Waals surface area contributed by atoms with Crippen molar-refractivity contribution in [2.24, 2.45) is 0 Å². The minimum atomic E-state index is -3.66. The molecule has 1 N–H and O–H groups in total. The van der Waals surface area contributed by atoms with Gasteiger partial charge in [0.05, 0.1) is 22.4 Å². The molecule has 8 nitrogen and oxygen atoms in total. The number of anilines is 1. The lowest BCUT2D eigenvalue weighted by Crippen LogP contribution is -2.33. The monoisotopic (exact) mass is 433 g/mol. The maximum atomic E-state index is 12.3. The predicted octanol–water partition coefficient (Wildman–Crippen LogP) is 3.37. The second kappa shape index (κ2) is 10.2. The molecular formula is C21H27N3O5S. The summed E-state index contributed by atoms with van der Waals surface area (Å²) in [4.78, 5) is 22.8. The Labute approximate surface area is 177 Å². The summed E-state index contributed by atoms with van der Waals surface area (Å²) in [5, 5.41) is 14.0. The van der Waals surface area contributed by atoms with Gasteiger partial charge in [-0.2, -0.15) is 0 Å². The van der Waals surface area contributed by atoms with Gasteiger partial charge in [-0.3, -0.25) is 19.2 Å². The van der Waals surface area contributed by atoms with Crippen LogP contribution in [0.15, 0.2) is 48.5 Å². The summed E-state index contributed by atoms with van der Waals surface area (Å²) in [6, 6.07) is 14.2. The minimum Gasteiger partial charge on any atom is -0.356 e. The summed E-state index contributed by atoms with van der Waals surface area (Å²) in [6.45, 7) is 4.08. The molecular weight excluding hydrogens is 406 g/mol. The number of nitro groups is 1. The van der Waals surface area contributed by atoms with E-state index in [0.717, 1.165) is 16.1 Å². The van der Waals surface area contributed by atoms with E-state index in [-0.39, 0.29) is 41.7 Å². The fourth-order valence-corrected chi connectivity index (χ4v) is 4.20. The van der Waals surface area contributed by atoms with Gasteiger partial charge in [-0.25, -0.2) is 8.42 Å². The van der Waals surface area contributed by atoms with Crippen molar-refractivity contribution in [3.8, 4) is 0 Å². The molecule has 2 rings (SSSR count). The van der Waals surface area contributed by atoms with Crippen molar-refractivity contribution in [1.29, 1.82) is 0 Å². The Morgan fingerprint density at radius 3 is 2.43 bits per heavy atom. The smallest absolute Gasteiger partial charge is 0.274 e. The van der Waals surface area contributed by atoms with Gasteiger partial charge >= 0.3 is 0 Å². The third-order valence-electron chi connectivity index (χ3n) is 4.88. The van der Waals surface area contributed by atoms with Crippen LogP contribution in [0, 0.1) is 17.0 Å². The topological polar surface area (TPSA) is 110 Å². The summed E-state index contributed by atoms with van der Waals surface area (Å²) < 4.78 is 25.7. The van der Waals surface area contributed by atoms with Crippen molar-refractivity contribution in [3.63, 3.8) is 0 Å². The zero-order valence-electron chi connectivity index (χ0n) is 17.4. The van der Waals surface area contributed by atoms with Crippen molar-refractivity contribution in [1.82, 2.24) is 5.32 Å². The lowest BCUT2D eigenvalue weighted by atomic mass is 10.0. The van der Waals surface area contributed by atoms with E-state index in [2.05, 4.69) is 5.32 Å². The Kier molecular flexibility index (Phi) is 7.93. The van der Waals surface area contributed by atoms with E-state index >= 15 is 0 Å². The molecule has 0 bridgehead atoms. The average molecular weight is 434 g/mol. The molecule has 9 heteroatoms. The highest BCUT2D eigenvalue weighted by molar-refractivity contribution is 7.92. The standard InChI is InChI=1S/C21H27N3O5S/c1-16(18-9-5-4-6-10-18)15-22-21(25)13-8-14-23(30(3,28)29)19-11-7-12-20(17(19)2)24(26)27/h4-7,9-12,16H,8,13-15H2,1-3H3,(H,22,25)/t16-/m0/s1. The van der Waals surface area contributed by atoms with Gasteiger partial charge in [0.15, 0.2) is 0 Å². The Balaban J connectivity index is 1.97. The van der Waals surface area contributed by atoms with Crippen LogP contribution in [0.5, 0.6) is 0 Å². The molecule has 0 unspecified atom stereocenters. The number of hydrogen-bond acceptors (Lipinski definition) is 5. The first-order valence-corrected chi connectivity index (χ1v) is 11.5. The molecule has 2 aromatic carbocycles. The number of nitro benzene ring substituents is 1. The molecule has 0 aliphatic rings. The van der Waals surface area contributed by atoms with E-state index in [1.165, 1.54) is 25.1 Å². The number of amides is 1. The highest BCUT2D eigenvalue weighted by atomic mass is 32.2. The van der Waals surface area contributed by atoms with Crippen LogP contribution in [0.25, 0.3) is 0 Å². The zero-order valence-corrected chi connectivity index (χ0v) is 18.2. The lowest BCUT2D eigenvalue weighted by molar-refractivity contribution is -0.385. The summed E-state index contributed by atoms with van der Waals surface area (Å²) >= 11 is 0. The second-order valence-electron chi connectivity index (χ2n) is 7.23. The van der Waals surface area contributed by atoms with Crippen LogP contribution in [-0.2, 0) is 14.8 Å². The van der Waals surface area contributed by atoms with E-state index in [9.17, 15) is 23.3 Å². The molecule has 30 heavy (non-hydrogen) atoms. The van der Waals surface area contributed by atoms with Crippen LogP contribution in [0.4, 0.5) is 11.4 Å². The number of hydrogen-bond donors (Lipinski definition) is 1. The largest absolute Gasteiger partial charge is 0.356 e. The Morgan fingerprint density at radius 2 is 1.83 bits per heavy atom. The molecule has 162 valence electrons. The van der Waals surface area contributed by atoms with Crippen LogP contribution in [-0.4, -0.2) is 38.6 Å². The van der Waals surface area contributed by atoms with E-state index in [1.54, 1.807) is 0 Å². The molecule has 0 radical (unpaired) electrons. The van der Waals surface area contributed by atoms with Gasteiger partial charge in [0, 0.05) is 25.6 Å². The van der Waals surface area contributed by atoms with Gasteiger partial charge in [0.1, 0.15) is 0 Å². The van der Waals surface area contributed by atoms with Crippen LogP contribution in [0.2, 0.25) is 0 Å². The van der Waals surface area contributed by atoms with Crippen molar-refractivity contribution in [3.05, 3.63) is 69.8 Å². The van der Waals surface area contributed by atoms with Crippen LogP contribution < -0.4 is 9.62 Å². The predicted molar refractivity (Wildman–Crippen MR) is 117 cm³/mol. The minimum absolute atomic E-state index is 0.0580. The molecule has 1 atom stereocenters. The van der Waals surface area contributed by atoms with E-state index in [1.807, 2.05) is 37.3 Å². The Bertz CT molecular complexity index is 993. The first-order chi connectivity index (χ1) is 14.1. The van der Waals surface area contributed by atoms with E-state index in [0.29, 0.717) is 13.0 Å². The number of nitrogens with one attached hydrogen (secondary N) is 1. The number of carbonyl (C=O) groups excluding carboxylic acids is 1. The quantitative estimate of drug-likeness (QED) is 0.456. The van der Waals surface area contributed by atoms with Gasteiger partial charge in [0.25, 0.3) is 5.69 Å². The van der Waals surface area contributed by atoms with E-state index in [4.69, 9.17) is 0 Å². The third-order valence-corrected chi connectivity index (χ3v) is 6.06. The van der Waals surface area contributed by atoms with Gasteiger partial charge in [-0.15, -0.1) is 0 Å². The average Bonchev–Trinajstić information content (AvgIpc) is 2.69. The molecule has 0 spiro atoms. The molecule has 0 heterocycles. The number of rotatable bonds is 10. The highest BCUT2D eigenvalue weighted by Crippen LogP contribution is 2.30. The molecule has 2 aromatic rings. The summed E-state index contributed by atoms with van der Waals surface area (Å²) in [7, 11) is -3.66. The van der Waals surface area contributed by atoms with Crippen LogP contribution in [0.1, 0.15) is 36.8 Å². The first-order valence-electron chi connectivity index (χ1n) is 9.64. The van der Waals surface area contributed by atoms with Crippen LogP contribution in [0.3, 0.4) is 0 Å². The van der Waals surface area contributed by atoms with Gasteiger partial charge in [0.2, 0.25) is 15.9 Å². The normalized spacial score (nSPS) is 12.2. The number of nitrogens with zero attached hydrogens (tertiary/aromatic N) is 2. The van der Waals surface area contributed by atoms with Gasteiger partial charge in [-0.1, -0.05) is 43.3 Å². The third kappa shape index (κ3) is 6.28. The molecule has 0 aliphatic carbocycles. The second-order valence-corrected chi connectivity index (χ2v) is 9.14. The summed E-state index contributed by atoms with van der Waals surface area (Å²) in [5.41, 5.74) is 1.51. The zero-order chi connectivity index (χ0) is 22.3. The summed E-state index contributed by atoms with van der Waals surface area (Å²) in [5.74, 6) is -0.00261. The van der Waals surface area contributed by atoms with Crippen molar-refractivity contribution in [2.45, 2.75) is 32.6 Å². The maximum Gasteiger partial charge on any atom is 0.274 e. The molecule has 0 fully saturated rings. The maximum absolute atomic E-state index is 12.3. The fraction of sp³-hybridized carbons (Fsp3) is 0.381. The van der Waals surface area contributed by atoms with Gasteiger partial charge in [-0.05, 0) is 30.9 Å². The van der Waals surface area contributed by atoms with Crippen molar-refractivity contribution >= 4 is 27.3 Å². The number of carbonyl (C=O) groups is 1. The molecule has 0 aliphatic heterocycles. The number of sulfonamides is 1. The first kappa shape index (κ1) is 23.3. The SMILES string of the molecule is Cc1c(N(CCCC(=O)NC[C@H](C)c2ccccc2)S(C)(=O)=O)cccc1[N+](=O)[O-]. The van der Waals surface area contributed by atoms with Gasteiger partial charge < -0.3 is 5.32 Å². The van der Waals surface area contributed by atoms with E-state index < -0.39 is 14.9 Å². The molecule has 1 amide bonds. The Hall–Kier alpha value is -2.94. The van der Waals surface area contributed by atoms with Crippen LogP contribution >= 0.6 is 0 Å². The lowest BCUT2D eigenvalue weighted by Gasteiger charge is -2.24. The highest BCUT2D eigenvalue weighted by Gasteiger charge is 2.23. The Morgan fingerprint density at radius 1 is 1.17 bits per heavy atom. The molecule has 0 saturated heterocycles. The van der Waals surface area contributed by atoms with Crippen molar-refractivity contribution in [2.75, 3.05) is 23.7 Å². The number of benzene rings is 2. The summed E-state index contributed by atoms with van der Waals surface area (Å²) in [6.07, 6.45) is 1.50. The van der Waals surface area contributed by atoms with Crippen molar-refractivity contribution < 1.29 is 18.1 Å².